The van der Waals surface area contributed by atoms with Gasteiger partial charge in [-0.25, -0.2) is 0 Å². The fourth-order valence-corrected chi connectivity index (χ4v) is 4.61. The molecule has 1 saturated heterocycles. The molecule has 0 amide bonds. The standard InChI is InChI=1S/C25H25Cl3N2O/c1-18(19-5-3-2-4-6-19)31-17-29-13-14-30(24-12-11-22(27)15-23(24)28)25(16-29)20-7-9-21(26)10-8-20/h2-12,15,18,25H,13-14,16-17H2,1H3. The van der Waals surface area contributed by atoms with Crippen molar-refractivity contribution in [1.82, 2.24) is 4.90 Å². The van der Waals surface area contributed by atoms with Crippen molar-refractivity contribution in [3.63, 3.8) is 0 Å². The predicted molar refractivity (Wildman–Crippen MR) is 130 cm³/mol. The van der Waals surface area contributed by atoms with Crippen LogP contribution in [0.5, 0.6) is 0 Å². The summed E-state index contributed by atoms with van der Waals surface area (Å²) in [6.07, 6.45) is 0.0407. The molecule has 3 aromatic carbocycles. The Morgan fingerprint density at radius 1 is 0.903 bits per heavy atom. The Labute approximate surface area is 199 Å². The number of hydrogen-bond acceptors (Lipinski definition) is 3. The van der Waals surface area contributed by atoms with Gasteiger partial charge in [0.25, 0.3) is 0 Å². The van der Waals surface area contributed by atoms with E-state index < -0.39 is 0 Å². The maximum absolute atomic E-state index is 6.56. The van der Waals surface area contributed by atoms with E-state index in [0.717, 1.165) is 30.3 Å². The molecule has 0 spiro atoms. The van der Waals surface area contributed by atoms with Crippen LogP contribution in [0.3, 0.4) is 0 Å². The van der Waals surface area contributed by atoms with Gasteiger partial charge in [0.1, 0.15) is 0 Å². The number of halogens is 3. The van der Waals surface area contributed by atoms with Crippen LogP contribution in [0.15, 0.2) is 72.8 Å². The molecular formula is C25H25Cl3N2O. The fourth-order valence-electron chi connectivity index (χ4n) is 3.97. The summed E-state index contributed by atoms with van der Waals surface area (Å²) in [4.78, 5) is 4.69. The Morgan fingerprint density at radius 2 is 1.61 bits per heavy atom. The van der Waals surface area contributed by atoms with E-state index in [4.69, 9.17) is 39.5 Å². The lowest BCUT2D eigenvalue weighted by Gasteiger charge is -2.43. The van der Waals surface area contributed by atoms with Gasteiger partial charge in [-0.05, 0) is 48.4 Å². The average Bonchev–Trinajstić information content (AvgIpc) is 2.79. The second kappa shape index (κ2) is 10.2. The van der Waals surface area contributed by atoms with Crippen LogP contribution in [0, 0.1) is 0 Å². The summed E-state index contributed by atoms with van der Waals surface area (Å²) in [6, 6.07) is 24.2. The summed E-state index contributed by atoms with van der Waals surface area (Å²) >= 11 is 18.8. The third-order valence-corrected chi connectivity index (χ3v) is 6.50. The highest BCUT2D eigenvalue weighted by molar-refractivity contribution is 6.36. The molecule has 0 bridgehead atoms. The lowest BCUT2D eigenvalue weighted by molar-refractivity contribution is -0.0228. The van der Waals surface area contributed by atoms with Crippen LogP contribution in [-0.4, -0.2) is 31.3 Å². The molecule has 1 fully saturated rings. The van der Waals surface area contributed by atoms with E-state index in [1.165, 1.54) is 11.1 Å². The summed E-state index contributed by atoms with van der Waals surface area (Å²) < 4.78 is 6.19. The molecule has 1 aliphatic rings. The first-order chi connectivity index (χ1) is 15.0. The van der Waals surface area contributed by atoms with Crippen LogP contribution in [-0.2, 0) is 4.74 Å². The molecule has 0 N–H and O–H groups in total. The van der Waals surface area contributed by atoms with Crippen LogP contribution in [0.1, 0.15) is 30.2 Å². The fraction of sp³-hybridized carbons (Fsp3) is 0.280. The van der Waals surface area contributed by atoms with Crippen LogP contribution < -0.4 is 4.90 Å². The van der Waals surface area contributed by atoms with Crippen LogP contribution in [0.4, 0.5) is 5.69 Å². The first kappa shape index (κ1) is 22.4. The molecule has 1 aliphatic heterocycles. The van der Waals surface area contributed by atoms with E-state index in [2.05, 4.69) is 41.0 Å². The van der Waals surface area contributed by atoms with E-state index >= 15 is 0 Å². The van der Waals surface area contributed by atoms with Gasteiger partial charge in [-0.1, -0.05) is 77.3 Å². The normalized spacial score (nSPS) is 18.2. The zero-order chi connectivity index (χ0) is 21.8. The molecule has 0 saturated carbocycles. The van der Waals surface area contributed by atoms with E-state index in [-0.39, 0.29) is 12.1 Å². The van der Waals surface area contributed by atoms with Crippen molar-refractivity contribution in [3.05, 3.63) is 99.0 Å². The molecular weight excluding hydrogens is 451 g/mol. The van der Waals surface area contributed by atoms with Gasteiger partial charge in [0.15, 0.2) is 0 Å². The minimum atomic E-state index is 0.0407. The Balaban J connectivity index is 1.52. The quantitative estimate of drug-likeness (QED) is 0.373. The Hall–Kier alpha value is -1.75. The first-order valence-electron chi connectivity index (χ1n) is 10.4. The number of benzene rings is 3. The van der Waals surface area contributed by atoms with Crippen molar-refractivity contribution in [1.29, 1.82) is 0 Å². The van der Waals surface area contributed by atoms with Gasteiger partial charge >= 0.3 is 0 Å². The van der Waals surface area contributed by atoms with Crippen molar-refractivity contribution in [2.24, 2.45) is 0 Å². The summed E-state index contributed by atoms with van der Waals surface area (Å²) in [6.45, 7) is 5.20. The zero-order valence-corrected chi connectivity index (χ0v) is 19.6. The molecule has 4 rings (SSSR count). The third kappa shape index (κ3) is 5.54. The topological polar surface area (TPSA) is 15.7 Å². The molecule has 0 aromatic heterocycles. The highest BCUT2D eigenvalue weighted by Gasteiger charge is 2.30. The highest BCUT2D eigenvalue weighted by Crippen LogP contribution is 2.37. The molecule has 0 aliphatic carbocycles. The Bertz CT molecular complexity index is 997. The SMILES string of the molecule is CC(OCN1CCN(c2ccc(Cl)cc2Cl)C(c2ccc(Cl)cc2)C1)c1ccccc1. The molecule has 2 atom stereocenters. The number of hydrogen-bond donors (Lipinski definition) is 0. The second-order valence-electron chi connectivity index (χ2n) is 7.78. The monoisotopic (exact) mass is 474 g/mol. The van der Waals surface area contributed by atoms with Crippen molar-refractivity contribution in [2.45, 2.75) is 19.1 Å². The average molecular weight is 476 g/mol. The van der Waals surface area contributed by atoms with Crippen LogP contribution in [0.25, 0.3) is 0 Å². The predicted octanol–water partition coefficient (Wildman–Crippen LogP) is 7.25. The van der Waals surface area contributed by atoms with E-state index in [0.29, 0.717) is 16.8 Å². The molecule has 1 heterocycles. The molecule has 6 heteroatoms. The van der Waals surface area contributed by atoms with Gasteiger partial charge in [0.2, 0.25) is 0 Å². The molecule has 3 nitrogen and oxygen atoms in total. The van der Waals surface area contributed by atoms with Crippen molar-refractivity contribution >= 4 is 40.5 Å². The lowest BCUT2D eigenvalue weighted by Crippen LogP contribution is -2.49. The van der Waals surface area contributed by atoms with E-state index in [1.54, 1.807) is 6.07 Å². The van der Waals surface area contributed by atoms with E-state index in [9.17, 15) is 0 Å². The van der Waals surface area contributed by atoms with Gasteiger partial charge in [-0.15, -0.1) is 0 Å². The van der Waals surface area contributed by atoms with Crippen molar-refractivity contribution < 1.29 is 4.74 Å². The molecule has 31 heavy (non-hydrogen) atoms. The number of rotatable bonds is 6. The largest absolute Gasteiger partial charge is 0.361 e. The number of nitrogens with zero attached hydrogens (tertiary/aromatic N) is 2. The summed E-state index contributed by atoms with van der Waals surface area (Å²) in [5, 5.41) is 2.03. The Morgan fingerprint density at radius 3 is 2.32 bits per heavy atom. The van der Waals surface area contributed by atoms with Crippen molar-refractivity contribution in [3.8, 4) is 0 Å². The summed E-state index contributed by atoms with van der Waals surface area (Å²) in [5.41, 5.74) is 3.36. The van der Waals surface area contributed by atoms with E-state index in [1.807, 2.05) is 42.5 Å². The number of piperazine rings is 1. The minimum Gasteiger partial charge on any atom is -0.361 e. The third-order valence-electron chi connectivity index (χ3n) is 5.71. The Kier molecular flexibility index (Phi) is 7.42. The first-order valence-corrected chi connectivity index (χ1v) is 11.5. The van der Waals surface area contributed by atoms with Crippen molar-refractivity contribution in [2.75, 3.05) is 31.3 Å². The summed E-state index contributed by atoms with van der Waals surface area (Å²) in [7, 11) is 0. The van der Waals surface area contributed by atoms with Crippen LogP contribution >= 0.6 is 34.8 Å². The highest BCUT2D eigenvalue weighted by atomic mass is 35.5. The lowest BCUT2D eigenvalue weighted by atomic mass is 10.0. The molecule has 0 radical (unpaired) electrons. The zero-order valence-electron chi connectivity index (χ0n) is 17.3. The summed E-state index contributed by atoms with van der Waals surface area (Å²) in [5.74, 6) is 0. The van der Waals surface area contributed by atoms with Crippen LogP contribution in [0.2, 0.25) is 15.1 Å². The van der Waals surface area contributed by atoms with Gasteiger partial charge in [0, 0.05) is 29.7 Å². The van der Waals surface area contributed by atoms with Gasteiger partial charge in [0.05, 0.1) is 29.6 Å². The van der Waals surface area contributed by atoms with Gasteiger partial charge in [-0.3, -0.25) is 4.90 Å². The molecule has 162 valence electrons. The second-order valence-corrected chi connectivity index (χ2v) is 9.06. The van der Waals surface area contributed by atoms with Gasteiger partial charge < -0.3 is 9.64 Å². The smallest absolute Gasteiger partial charge is 0.0999 e. The van der Waals surface area contributed by atoms with Gasteiger partial charge in [-0.2, -0.15) is 0 Å². The molecule has 2 unspecified atom stereocenters. The number of anilines is 1. The maximum atomic E-state index is 6.56. The number of ether oxygens (including phenoxy) is 1. The minimum absolute atomic E-state index is 0.0407. The molecule has 3 aromatic rings. The maximum Gasteiger partial charge on any atom is 0.0999 e.